The maximum absolute atomic E-state index is 6.02. The predicted molar refractivity (Wildman–Crippen MR) is 63.9 cm³/mol. The maximum Gasteiger partial charge on any atom is 0.248 e. The number of aryl methyl sites for hydroxylation is 1. The Kier molecular flexibility index (Phi) is 3.46. The van der Waals surface area contributed by atoms with Gasteiger partial charge in [0.05, 0.1) is 0 Å². The SMILES string of the molecule is Cc1c(Cl)cccc1-c1nnc(CCCl)o1. The minimum Gasteiger partial charge on any atom is -0.421 e. The lowest BCUT2D eigenvalue weighted by Crippen LogP contribution is -1.84. The van der Waals surface area contributed by atoms with Crippen molar-refractivity contribution >= 4 is 23.2 Å². The van der Waals surface area contributed by atoms with Crippen LogP contribution >= 0.6 is 23.2 Å². The molecular weight excluding hydrogens is 247 g/mol. The van der Waals surface area contributed by atoms with Crippen molar-refractivity contribution in [1.29, 1.82) is 0 Å². The molecule has 2 aromatic rings. The monoisotopic (exact) mass is 256 g/mol. The summed E-state index contributed by atoms with van der Waals surface area (Å²) >= 11 is 11.6. The fourth-order valence-electron chi connectivity index (χ4n) is 1.38. The molecule has 0 atom stereocenters. The number of alkyl halides is 1. The van der Waals surface area contributed by atoms with Gasteiger partial charge in [-0.1, -0.05) is 17.7 Å². The van der Waals surface area contributed by atoms with E-state index in [-0.39, 0.29) is 0 Å². The first-order chi connectivity index (χ1) is 7.72. The van der Waals surface area contributed by atoms with Gasteiger partial charge < -0.3 is 4.42 Å². The van der Waals surface area contributed by atoms with Crippen molar-refractivity contribution < 1.29 is 4.42 Å². The van der Waals surface area contributed by atoms with Gasteiger partial charge >= 0.3 is 0 Å². The Morgan fingerprint density at radius 1 is 1.31 bits per heavy atom. The molecule has 0 saturated heterocycles. The topological polar surface area (TPSA) is 38.9 Å². The molecule has 0 fully saturated rings. The van der Waals surface area contributed by atoms with Gasteiger partial charge in [0.1, 0.15) is 0 Å². The molecular formula is C11H10Cl2N2O. The van der Waals surface area contributed by atoms with Crippen LogP contribution in [0.1, 0.15) is 11.5 Å². The maximum atomic E-state index is 6.02. The van der Waals surface area contributed by atoms with Crippen molar-refractivity contribution in [2.75, 3.05) is 5.88 Å². The summed E-state index contributed by atoms with van der Waals surface area (Å²) in [6.45, 7) is 1.92. The van der Waals surface area contributed by atoms with Crippen LogP contribution in [0.2, 0.25) is 5.02 Å². The van der Waals surface area contributed by atoms with Crippen LogP contribution in [0.5, 0.6) is 0 Å². The Hall–Kier alpha value is -1.06. The van der Waals surface area contributed by atoms with E-state index in [2.05, 4.69) is 10.2 Å². The zero-order chi connectivity index (χ0) is 11.5. The fraction of sp³-hybridized carbons (Fsp3) is 0.273. The summed E-state index contributed by atoms with van der Waals surface area (Å²) in [6, 6.07) is 5.59. The Morgan fingerprint density at radius 2 is 2.12 bits per heavy atom. The molecule has 2 rings (SSSR count). The molecule has 0 aliphatic heterocycles. The van der Waals surface area contributed by atoms with Gasteiger partial charge in [-0.15, -0.1) is 21.8 Å². The number of rotatable bonds is 3. The van der Waals surface area contributed by atoms with E-state index in [0.717, 1.165) is 11.1 Å². The molecule has 0 bridgehead atoms. The van der Waals surface area contributed by atoms with Crippen LogP contribution in [-0.4, -0.2) is 16.1 Å². The second kappa shape index (κ2) is 4.85. The smallest absolute Gasteiger partial charge is 0.248 e. The second-order valence-electron chi connectivity index (χ2n) is 3.35. The summed E-state index contributed by atoms with van der Waals surface area (Å²) in [5.41, 5.74) is 1.80. The Labute approximate surface area is 103 Å². The highest BCUT2D eigenvalue weighted by Gasteiger charge is 2.11. The molecule has 1 heterocycles. The second-order valence-corrected chi connectivity index (χ2v) is 4.14. The molecule has 1 aromatic heterocycles. The number of aromatic nitrogens is 2. The van der Waals surface area contributed by atoms with Crippen LogP contribution in [0.15, 0.2) is 22.6 Å². The van der Waals surface area contributed by atoms with Gasteiger partial charge in [0.15, 0.2) is 0 Å². The minimum atomic E-state index is 0.468. The van der Waals surface area contributed by atoms with Crippen LogP contribution in [-0.2, 0) is 6.42 Å². The Balaban J connectivity index is 2.39. The highest BCUT2D eigenvalue weighted by molar-refractivity contribution is 6.31. The summed E-state index contributed by atoms with van der Waals surface area (Å²) < 4.78 is 5.48. The van der Waals surface area contributed by atoms with Gasteiger partial charge in [0.2, 0.25) is 11.8 Å². The van der Waals surface area contributed by atoms with Crippen molar-refractivity contribution in [1.82, 2.24) is 10.2 Å². The lowest BCUT2D eigenvalue weighted by molar-refractivity contribution is 0.513. The molecule has 0 N–H and O–H groups in total. The molecule has 3 nitrogen and oxygen atoms in total. The summed E-state index contributed by atoms with van der Waals surface area (Å²) in [5.74, 6) is 1.50. The first-order valence-electron chi connectivity index (χ1n) is 4.86. The van der Waals surface area contributed by atoms with Crippen LogP contribution in [0.25, 0.3) is 11.5 Å². The highest BCUT2D eigenvalue weighted by Crippen LogP contribution is 2.27. The summed E-state index contributed by atoms with van der Waals surface area (Å²) in [4.78, 5) is 0. The number of hydrogen-bond acceptors (Lipinski definition) is 3. The van der Waals surface area contributed by atoms with Crippen molar-refractivity contribution in [3.05, 3.63) is 34.7 Å². The highest BCUT2D eigenvalue weighted by atomic mass is 35.5. The standard InChI is InChI=1S/C11H10Cl2N2O/c1-7-8(3-2-4-9(7)13)11-15-14-10(16-11)5-6-12/h2-4H,5-6H2,1H3. The van der Waals surface area contributed by atoms with Gasteiger partial charge in [-0.05, 0) is 24.6 Å². The van der Waals surface area contributed by atoms with Crippen molar-refractivity contribution in [3.8, 4) is 11.5 Å². The molecule has 5 heteroatoms. The van der Waals surface area contributed by atoms with Crippen LogP contribution in [0, 0.1) is 6.92 Å². The summed E-state index contributed by atoms with van der Waals surface area (Å²) in [6.07, 6.45) is 0.578. The Morgan fingerprint density at radius 3 is 2.88 bits per heavy atom. The van der Waals surface area contributed by atoms with E-state index in [1.165, 1.54) is 0 Å². The number of hydrogen-bond donors (Lipinski definition) is 0. The van der Waals surface area contributed by atoms with Gasteiger partial charge in [-0.25, -0.2) is 0 Å². The van der Waals surface area contributed by atoms with E-state index in [0.29, 0.717) is 29.1 Å². The molecule has 0 saturated carbocycles. The van der Waals surface area contributed by atoms with Crippen molar-refractivity contribution in [2.24, 2.45) is 0 Å². The average molecular weight is 257 g/mol. The first-order valence-corrected chi connectivity index (χ1v) is 5.77. The summed E-state index contributed by atoms with van der Waals surface area (Å²) in [5, 5.41) is 8.57. The van der Waals surface area contributed by atoms with E-state index >= 15 is 0 Å². The molecule has 0 aliphatic carbocycles. The van der Waals surface area contributed by atoms with Crippen LogP contribution in [0.3, 0.4) is 0 Å². The summed E-state index contributed by atoms with van der Waals surface area (Å²) in [7, 11) is 0. The normalized spacial score (nSPS) is 10.7. The minimum absolute atomic E-state index is 0.468. The molecule has 84 valence electrons. The molecule has 0 spiro atoms. The van der Waals surface area contributed by atoms with Gasteiger partial charge in [-0.3, -0.25) is 0 Å². The van der Waals surface area contributed by atoms with E-state index in [1.807, 2.05) is 25.1 Å². The predicted octanol–water partition coefficient (Wildman–Crippen LogP) is 3.48. The van der Waals surface area contributed by atoms with Crippen molar-refractivity contribution in [3.63, 3.8) is 0 Å². The number of benzene rings is 1. The number of nitrogens with zero attached hydrogens (tertiary/aromatic N) is 2. The Bertz CT molecular complexity index is 496. The largest absolute Gasteiger partial charge is 0.421 e. The fourth-order valence-corrected chi connectivity index (χ4v) is 1.72. The molecule has 0 unspecified atom stereocenters. The lowest BCUT2D eigenvalue weighted by Gasteiger charge is -2.01. The molecule has 0 amide bonds. The van der Waals surface area contributed by atoms with Crippen molar-refractivity contribution in [2.45, 2.75) is 13.3 Å². The van der Waals surface area contributed by atoms with E-state index in [4.69, 9.17) is 27.6 Å². The average Bonchev–Trinajstić information content (AvgIpc) is 2.71. The zero-order valence-electron chi connectivity index (χ0n) is 8.70. The third-order valence-corrected chi connectivity index (χ3v) is 2.87. The molecule has 0 radical (unpaired) electrons. The van der Waals surface area contributed by atoms with Gasteiger partial charge in [0, 0.05) is 22.9 Å². The van der Waals surface area contributed by atoms with E-state index in [9.17, 15) is 0 Å². The van der Waals surface area contributed by atoms with Gasteiger partial charge in [0.25, 0.3) is 0 Å². The van der Waals surface area contributed by atoms with Crippen LogP contribution < -0.4 is 0 Å². The quantitative estimate of drug-likeness (QED) is 0.790. The molecule has 1 aromatic carbocycles. The zero-order valence-corrected chi connectivity index (χ0v) is 10.2. The molecule has 16 heavy (non-hydrogen) atoms. The molecule has 0 aliphatic rings. The number of halogens is 2. The first kappa shape index (κ1) is 11.4. The third kappa shape index (κ3) is 2.20. The van der Waals surface area contributed by atoms with Gasteiger partial charge in [-0.2, -0.15) is 0 Å². The van der Waals surface area contributed by atoms with E-state index in [1.54, 1.807) is 0 Å². The lowest BCUT2D eigenvalue weighted by atomic mass is 10.1. The van der Waals surface area contributed by atoms with E-state index < -0.39 is 0 Å². The van der Waals surface area contributed by atoms with Crippen LogP contribution in [0.4, 0.5) is 0 Å². The third-order valence-electron chi connectivity index (χ3n) is 2.27.